The highest BCUT2D eigenvalue weighted by Gasteiger charge is 2.31. The monoisotopic (exact) mass is 237 g/mol. The number of nitrogens with zero attached hydrogens (tertiary/aromatic N) is 3. The van der Waals surface area contributed by atoms with E-state index in [2.05, 4.69) is 24.2 Å². The molecular weight excluding hydrogens is 214 g/mol. The highest BCUT2D eigenvalue weighted by atomic mass is 16.3. The fourth-order valence-corrected chi connectivity index (χ4v) is 2.87. The standard InChI is InChI=1S/C13H23N3O/c1-9(2)10-4-5-13(17)11(6-10)7-12-8-16(3)15-14-12/h8-11,13,17H,4-7H2,1-3H3. The average molecular weight is 237 g/mol. The maximum absolute atomic E-state index is 10.1. The fourth-order valence-electron chi connectivity index (χ4n) is 2.87. The maximum atomic E-state index is 10.1. The molecule has 1 fully saturated rings. The topological polar surface area (TPSA) is 50.9 Å². The molecule has 1 aromatic rings. The van der Waals surface area contributed by atoms with Crippen molar-refractivity contribution in [3.05, 3.63) is 11.9 Å². The van der Waals surface area contributed by atoms with Gasteiger partial charge in [-0.1, -0.05) is 19.1 Å². The second-order valence-corrected chi connectivity index (χ2v) is 5.73. The molecule has 1 N–H and O–H groups in total. The molecule has 0 radical (unpaired) electrons. The number of aromatic nitrogens is 3. The number of rotatable bonds is 3. The molecule has 0 saturated heterocycles. The summed E-state index contributed by atoms with van der Waals surface area (Å²) >= 11 is 0. The summed E-state index contributed by atoms with van der Waals surface area (Å²) in [5, 5.41) is 18.1. The first-order chi connectivity index (χ1) is 8.06. The van der Waals surface area contributed by atoms with E-state index >= 15 is 0 Å². The van der Waals surface area contributed by atoms with Gasteiger partial charge in [0.15, 0.2) is 0 Å². The van der Waals surface area contributed by atoms with Crippen LogP contribution in [0.25, 0.3) is 0 Å². The first-order valence-electron chi connectivity index (χ1n) is 6.59. The maximum Gasteiger partial charge on any atom is 0.0830 e. The van der Waals surface area contributed by atoms with E-state index in [4.69, 9.17) is 0 Å². The van der Waals surface area contributed by atoms with Crippen LogP contribution in [-0.2, 0) is 13.5 Å². The Labute approximate surface area is 103 Å². The molecule has 3 unspecified atom stereocenters. The second kappa shape index (κ2) is 5.17. The largest absolute Gasteiger partial charge is 0.393 e. The summed E-state index contributed by atoms with van der Waals surface area (Å²) in [6.07, 6.45) is 5.87. The lowest BCUT2D eigenvalue weighted by Crippen LogP contribution is -2.32. The number of hydrogen-bond donors (Lipinski definition) is 1. The number of aliphatic hydroxyl groups is 1. The van der Waals surface area contributed by atoms with E-state index in [1.165, 1.54) is 0 Å². The fraction of sp³-hybridized carbons (Fsp3) is 0.846. The quantitative estimate of drug-likeness (QED) is 0.872. The summed E-state index contributed by atoms with van der Waals surface area (Å²) in [6, 6.07) is 0. The van der Waals surface area contributed by atoms with E-state index in [0.29, 0.717) is 11.8 Å². The van der Waals surface area contributed by atoms with Crippen molar-refractivity contribution in [1.29, 1.82) is 0 Å². The van der Waals surface area contributed by atoms with Crippen molar-refractivity contribution in [2.75, 3.05) is 0 Å². The highest BCUT2D eigenvalue weighted by molar-refractivity contribution is 4.96. The van der Waals surface area contributed by atoms with Crippen molar-refractivity contribution in [2.24, 2.45) is 24.8 Å². The van der Waals surface area contributed by atoms with Gasteiger partial charge in [-0.15, -0.1) is 5.10 Å². The Hall–Kier alpha value is -0.900. The van der Waals surface area contributed by atoms with Gasteiger partial charge in [0, 0.05) is 13.2 Å². The predicted molar refractivity (Wildman–Crippen MR) is 66.4 cm³/mol. The Morgan fingerprint density at radius 3 is 2.82 bits per heavy atom. The Morgan fingerprint density at radius 1 is 1.47 bits per heavy atom. The van der Waals surface area contributed by atoms with Crippen LogP contribution in [0.2, 0.25) is 0 Å². The minimum absolute atomic E-state index is 0.160. The second-order valence-electron chi connectivity index (χ2n) is 5.73. The zero-order chi connectivity index (χ0) is 12.4. The molecule has 0 aliphatic heterocycles. The molecule has 4 nitrogen and oxygen atoms in total. The van der Waals surface area contributed by atoms with Crippen molar-refractivity contribution in [3.8, 4) is 0 Å². The molecule has 0 spiro atoms. The SMILES string of the molecule is CC(C)C1CCC(O)C(Cc2cn(C)nn2)C1. The molecule has 1 aromatic heterocycles. The molecule has 0 bridgehead atoms. The van der Waals surface area contributed by atoms with Gasteiger partial charge >= 0.3 is 0 Å². The van der Waals surface area contributed by atoms with Gasteiger partial charge < -0.3 is 5.11 Å². The van der Waals surface area contributed by atoms with Crippen LogP contribution in [0.4, 0.5) is 0 Å². The molecule has 1 aliphatic carbocycles. The Morgan fingerprint density at radius 2 is 2.24 bits per heavy atom. The minimum atomic E-state index is -0.160. The number of aliphatic hydroxyl groups excluding tert-OH is 1. The third-order valence-corrected chi connectivity index (χ3v) is 4.05. The number of hydrogen-bond acceptors (Lipinski definition) is 3. The molecule has 1 heterocycles. The zero-order valence-electron chi connectivity index (χ0n) is 11.0. The molecular formula is C13H23N3O. The van der Waals surface area contributed by atoms with Crippen LogP contribution in [0, 0.1) is 17.8 Å². The Bertz CT molecular complexity index is 361. The van der Waals surface area contributed by atoms with E-state index in [1.54, 1.807) is 4.68 Å². The van der Waals surface area contributed by atoms with Gasteiger partial charge in [-0.25, -0.2) is 0 Å². The lowest BCUT2D eigenvalue weighted by molar-refractivity contribution is 0.0374. The number of aryl methyl sites for hydroxylation is 1. The van der Waals surface area contributed by atoms with Crippen molar-refractivity contribution in [3.63, 3.8) is 0 Å². The summed E-state index contributed by atoms with van der Waals surface area (Å²) < 4.78 is 1.73. The van der Waals surface area contributed by atoms with Crippen molar-refractivity contribution in [2.45, 2.75) is 45.6 Å². The van der Waals surface area contributed by atoms with Crippen molar-refractivity contribution < 1.29 is 5.11 Å². The molecule has 1 saturated carbocycles. The molecule has 1 aliphatic rings. The van der Waals surface area contributed by atoms with E-state index < -0.39 is 0 Å². The highest BCUT2D eigenvalue weighted by Crippen LogP contribution is 2.35. The summed E-state index contributed by atoms with van der Waals surface area (Å²) in [5.41, 5.74) is 1.00. The molecule has 96 valence electrons. The molecule has 2 rings (SSSR count). The Balaban J connectivity index is 1.98. The van der Waals surface area contributed by atoms with Crippen LogP contribution in [0.3, 0.4) is 0 Å². The first-order valence-corrected chi connectivity index (χ1v) is 6.59. The van der Waals surface area contributed by atoms with Crippen LogP contribution < -0.4 is 0 Å². The van der Waals surface area contributed by atoms with Gasteiger partial charge in [0.2, 0.25) is 0 Å². The summed E-state index contributed by atoms with van der Waals surface area (Å²) in [7, 11) is 1.88. The normalized spacial score (nSPS) is 29.8. The van der Waals surface area contributed by atoms with E-state index in [-0.39, 0.29) is 6.10 Å². The minimum Gasteiger partial charge on any atom is -0.393 e. The summed E-state index contributed by atoms with van der Waals surface area (Å²) in [4.78, 5) is 0. The molecule has 0 amide bonds. The van der Waals surface area contributed by atoms with Crippen LogP contribution in [0.1, 0.15) is 38.8 Å². The molecule has 4 heteroatoms. The lowest BCUT2D eigenvalue weighted by Gasteiger charge is -2.35. The van der Waals surface area contributed by atoms with Crippen LogP contribution in [0.15, 0.2) is 6.20 Å². The van der Waals surface area contributed by atoms with Crippen LogP contribution in [-0.4, -0.2) is 26.2 Å². The van der Waals surface area contributed by atoms with Crippen molar-refractivity contribution in [1.82, 2.24) is 15.0 Å². The molecule has 17 heavy (non-hydrogen) atoms. The van der Waals surface area contributed by atoms with Crippen LogP contribution in [0.5, 0.6) is 0 Å². The summed E-state index contributed by atoms with van der Waals surface area (Å²) in [6.45, 7) is 4.56. The first kappa shape index (κ1) is 12.6. The van der Waals surface area contributed by atoms with Gasteiger partial charge in [0.05, 0.1) is 11.8 Å². The van der Waals surface area contributed by atoms with Crippen molar-refractivity contribution >= 4 is 0 Å². The zero-order valence-corrected chi connectivity index (χ0v) is 11.0. The lowest BCUT2D eigenvalue weighted by atomic mass is 9.73. The Kier molecular flexibility index (Phi) is 3.82. The third-order valence-electron chi connectivity index (χ3n) is 4.05. The molecule has 3 atom stereocenters. The smallest absolute Gasteiger partial charge is 0.0830 e. The summed E-state index contributed by atoms with van der Waals surface area (Å²) in [5.74, 6) is 1.82. The van der Waals surface area contributed by atoms with Crippen LogP contribution >= 0.6 is 0 Å². The van der Waals surface area contributed by atoms with Gasteiger partial charge in [0.25, 0.3) is 0 Å². The van der Waals surface area contributed by atoms with Gasteiger partial charge in [0.1, 0.15) is 0 Å². The van der Waals surface area contributed by atoms with Gasteiger partial charge in [-0.2, -0.15) is 0 Å². The van der Waals surface area contributed by atoms with E-state index in [1.807, 2.05) is 13.2 Å². The average Bonchev–Trinajstić information content (AvgIpc) is 2.67. The van der Waals surface area contributed by atoms with Gasteiger partial charge in [-0.05, 0) is 43.4 Å². The predicted octanol–water partition coefficient (Wildman–Crippen LogP) is 1.79. The van der Waals surface area contributed by atoms with E-state index in [9.17, 15) is 5.11 Å². The molecule has 0 aromatic carbocycles. The third kappa shape index (κ3) is 3.06. The van der Waals surface area contributed by atoms with Gasteiger partial charge in [-0.3, -0.25) is 4.68 Å². The van der Waals surface area contributed by atoms with E-state index in [0.717, 1.165) is 37.3 Å².